The summed E-state index contributed by atoms with van der Waals surface area (Å²) in [5, 5.41) is 4.79. The highest BCUT2D eigenvalue weighted by atomic mass is 35.5. The molecule has 0 saturated carbocycles. The van der Waals surface area contributed by atoms with Gasteiger partial charge in [-0.1, -0.05) is 34.4 Å². The third-order valence-corrected chi connectivity index (χ3v) is 4.48. The number of hydrogen-bond acceptors (Lipinski definition) is 5. The summed E-state index contributed by atoms with van der Waals surface area (Å²) in [6.07, 6.45) is 0.726. The summed E-state index contributed by atoms with van der Waals surface area (Å²) < 4.78 is 16.2. The minimum atomic E-state index is -0.693. The fourth-order valence-electron chi connectivity index (χ4n) is 2.53. The number of esters is 1. The zero-order valence-electron chi connectivity index (χ0n) is 12.7. The number of carbonyl (C=O) groups is 1. The van der Waals surface area contributed by atoms with Crippen molar-refractivity contribution in [1.82, 2.24) is 5.16 Å². The molecule has 1 aliphatic heterocycles. The molecule has 122 valence electrons. The largest absolute Gasteiger partial charge is 0.462 e. The number of aromatic nitrogens is 1. The first-order valence-electron chi connectivity index (χ1n) is 7.23. The van der Waals surface area contributed by atoms with Crippen molar-refractivity contribution in [1.29, 1.82) is 0 Å². The second kappa shape index (κ2) is 6.15. The molecule has 0 radical (unpaired) electrons. The van der Waals surface area contributed by atoms with Crippen molar-refractivity contribution in [3.8, 4) is 11.3 Å². The van der Waals surface area contributed by atoms with Gasteiger partial charge in [-0.05, 0) is 26.0 Å². The Labute approximate surface area is 143 Å². The lowest BCUT2D eigenvalue weighted by molar-refractivity contribution is -0.154. The molecule has 5 nitrogen and oxygen atoms in total. The van der Waals surface area contributed by atoms with Crippen molar-refractivity contribution in [2.24, 2.45) is 0 Å². The number of halogens is 2. The average molecular weight is 356 g/mol. The van der Waals surface area contributed by atoms with Crippen LogP contribution in [0.4, 0.5) is 0 Å². The highest BCUT2D eigenvalue weighted by Crippen LogP contribution is 2.44. The van der Waals surface area contributed by atoms with Crippen LogP contribution >= 0.6 is 23.2 Å². The molecule has 3 rings (SSSR count). The van der Waals surface area contributed by atoms with Gasteiger partial charge in [-0.25, -0.2) is 4.79 Å². The molecule has 0 aliphatic carbocycles. The Bertz CT molecular complexity index is 732. The second-order valence-electron chi connectivity index (χ2n) is 5.38. The number of ether oxygens (including phenoxy) is 2. The molecule has 1 fully saturated rings. The highest BCUT2D eigenvalue weighted by Gasteiger charge is 2.44. The lowest BCUT2D eigenvalue weighted by Crippen LogP contribution is -2.38. The van der Waals surface area contributed by atoms with Crippen LogP contribution in [0.2, 0.25) is 10.0 Å². The minimum absolute atomic E-state index is 0.212. The van der Waals surface area contributed by atoms with E-state index in [0.29, 0.717) is 28.0 Å². The van der Waals surface area contributed by atoms with Gasteiger partial charge in [0.25, 0.3) is 0 Å². The molecule has 2 aromatic rings. The quantitative estimate of drug-likeness (QED) is 0.757. The molecule has 7 heteroatoms. The maximum Gasteiger partial charge on any atom is 0.344 e. The fourth-order valence-corrected chi connectivity index (χ4v) is 3.10. The Hall–Kier alpha value is -1.56. The monoisotopic (exact) mass is 355 g/mol. The Morgan fingerprint density at radius 1 is 1.39 bits per heavy atom. The van der Waals surface area contributed by atoms with Gasteiger partial charge in [-0.2, -0.15) is 0 Å². The van der Waals surface area contributed by atoms with Gasteiger partial charge in [-0.3, -0.25) is 0 Å². The number of nitrogens with zero attached hydrogens (tertiary/aromatic N) is 1. The van der Waals surface area contributed by atoms with Gasteiger partial charge in [-0.15, -0.1) is 0 Å². The molecular formula is C16H15Cl2NO4. The van der Waals surface area contributed by atoms with E-state index in [1.165, 1.54) is 0 Å². The van der Waals surface area contributed by atoms with Crippen LogP contribution in [0.15, 0.2) is 22.7 Å². The van der Waals surface area contributed by atoms with E-state index in [9.17, 15) is 4.79 Å². The molecule has 0 spiro atoms. The number of hydrogen-bond donors (Lipinski definition) is 0. The molecule has 1 aromatic carbocycles. The third kappa shape index (κ3) is 2.73. The summed E-state index contributed by atoms with van der Waals surface area (Å²) >= 11 is 12.5. The van der Waals surface area contributed by atoms with E-state index < -0.39 is 11.6 Å². The van der Waals surface area contributed by atoms with Gasteiger partial charge in [0.2, 0.25) is 0 Å². The van der Waals surface area contributed by atoms with Gasteiger partial charge < -0.3 is 14.0 Å². The smallest absolute Gasteiger partial charge is 0.344 e. The normalized spacial score (nSPS) is 20.2. The Kier molecular flexibility index (Phi) is 4.36. The lowest BCUT2D eigenvalue weighted by atomic mass is 9.90. The number of benzene rings is 1. The lowest BCUT2D eigenvalue weighted by Gasteiger charge is -2.36. The molecule has 0 bridgehead atoms. The van der Waals surface area contributed by atoms with Crippen LogP contribution in [-0.4, -0.2) is 24.3 Å². The van der Waals surface area contributed by atoms with Gasteiger partial charge in [0.15, 0.2) is 5.76 Å². The Balaban J connectivity index is 2.20. The van der Waals surface area contributed by atoms with E-state index in [-0.39, 0.29) is 17.9 Å². The molecule has 1 aliphatic rings. The first-order valence-corrected chi connectivity index (χ1v) is 7.99. The first kappa shape index (κ1) is 16.3. The van der Waals surface area contributed by atoms with Gasteiger partial charge in [0, 0.05) is 12.0 Å². The maximum absolute atomic E-state index is 12.5. The first-order chi connectivity index (χ1) is 11.0. The molecule has 1 aromatic heterocycles. The molecule has 0 N–H and O–H groups in total. The van der Waals surface area contributed by atoms with Crippen LogP contribution in [0.1, 0.15) is 36.4 Å². The third-order valence-electron chi connectivity index (χ3n) is 3.85. The van der Waals surface area contributed by atoms with Crippen molar-refractivity contribution in [2.45, 2.75) is 25.9 Å². The molecule has 23 heavy (non-hydrogen) atoms. The summed E-state index contributed by atoms with van der Waals surface area (Å²) in [4.78, 5) is 12.5. The molecule has 1 unspecified atom stereocenters. The summed E-state index contributed by atoms with van der Waals surface area (Å²) in [6.45, 7) is 4.41. The van der Waals surface area contributed by atoms with Crippen LogP contribution in [0, 0.1) is 0 Å². The van der Waals surface area contributed by atoms with Crippen LogP contribution in [0.5, 0.6) is 0 Å². The summed E-state index contributed by atoms with van der Waals surface area (Å²) in [5.41, 5.74) is 0.229. The summed E-state index contributed by atoms with van der Waals surface area (Å²) in [5.74, 6) is -0.195. The van der Waals surface area contributed by atoms with Crippen LogP contribution in [-0.2, 0) is 15.1 Å². The standard InChI is InChI=1S/C16H15Cl2NO4/c1-3-21-15(20)12-13(11-9(17)5-4-6-10(11)18)19-23-14(12)16(2)7-8-22-16/h4-6H,3,7-8H2,1-2H3. The predicted octanol–water partition coefficient (Wildman–Crippen LogP) is 4.46. The van der Waals surface area contributed by atoms with E-state index in [1.807, 2.05) is 6.92 Å². The zero-order valence-corrected chi connectivity index (χ0v) is 14.2. The Morgan fingerprint density at radius 3 is 2.57 bits per heavy atom. The van der Waals surface area contributed by atoms with Crippen molar-refractivity contribution in [3.05, 3.63) is 39.6 Å². The van der Waals surface area contributed by atoms with Gasteiger partial charge in [0.05, 0.1) is 23.3 Å². The van der Waals surface area contributed by atoms with Crippen molar-refractivity contribution in [2.75, 3.05) is 13.2 Å². The number of rotatable bonds is 4. The van der Waals surface area contributed by atoms with Crippen LogP contribution in [0.25, 0.3) is 11.3 Å². The highest BCUT2D eigenvalue weighted by molar-refractivity contribution is 6.39. The fraction of sp³-hybridized carbons (Fsp3) is 0.375. The van der Waals surface area contributed by atoms with Crippen molar-refractivity contribution < 1.29 is 18.8 Å². The van der Waals surface area contributed by atoms with Crippen LogP contribution < -0.4 is 0 Å². The van der Waals surface area contributed by atoms with E-state index >= 15 is 0 Å². The van der Waals surface area contributed by atoms with Gasteiger partial charge in [0.1, 0.15) is 16.9 Å². The molecular weight excluding hydrogens is 341 g/mol. The van der Waals surface area contributed by atoms with E-state index in [0.717, 1.165) is 6.42 Å². The molecule has 1 atom stereocenters. The molecule has 0 amide bonds. The van der Waals surface area contributed by atoms with Crippen LogP contribution in [0.3, 0.4) is 0 Å². The maximum atomic E-state index is 12.5. The Morgan fingerprint density at radius 2 is 2.04 bits per heavy atom. The second-order valence-corrected chi connectivity index (χ2v) is 6.20. The molecule has 2 heterocycles. The SMILES string of the molecule is CCOC(=O)c1c(-c2c(Cl)cccc2Cl)noc1C1(C)CCO1. The van der Waals surface area contributed by atoms with Gasteiger partial charge >= 0.3 is 5.97 Å². The number of carbonyl (C=O) groups excluding carboxylic acids is 1. The van der Waals surface area contributed by atoms with E-state index in [2.05, 4.69) is 5.16 Å². The van der Waals surface area contributed by atoms with Crippen molar-refractivity contribution in [3.63, 3.8) is 0 Å². The zero-order chi connectivity index (χ0) is 16.6. The van der Waals surface area contributed by atoms with Crippen molar-refractivity contribution >= 4 is 29.2 Å². The molecule has 1 saturated heterocycles. The topological polar surface area (TPSA) is 61.6 Å². The van der Waals surface area contributed by atoms with E-state index in [1.54, 1.807) is 25.1 Å². The minimum Gasteiger partial charge on any atom is -0.462 e. The average Bonchev–Trinajstić information content (AvgIpc) is 2.90. The summed E-state index contributed by atoms with van der Waals surface area (Å²) in [7, 11) is 0. The van der Waals surface area contributed by atoms with E-state index in [4.69, 9.17) is 37.2 Å². The predicted molar refractivity (Wildman–Crippen MR) is 85.8 cm³/mol. The summed E-state index contributed by atoms with van der Waals surface area (Å²) in [6, 6.07) is 5.07.